The summed E-state index contributed by atoms with van der Waals surface area (Å²) in [7, 11) is 0. The molecule has 27 heavy (non-hydrogen) atoms. The molecule has 0 atom stereocenters. The summed E-state index contributed by atoms with van der Waals surface area (Å²) in [6.45, 7) is 2.08. The van der Waals surface area contributed by atoms with E-state index < -0.39 is 0 Å². The topological polar surface area (TPSA) is 52.9 Å². The van der Waals surface area contributed by atoms with E-state index in [4.69, 9.17) is 0 Å². The van der Waals surface area contributed by atoms with Gasteiger partial charge in [0, 0.05) is 15.8 Å². The Kier molecular flexibility index (Phi) is 6.73. The van der Waals surface area contributed by atoms with Crippen LogP contribution in [-0.4, -0.2) is 11.9 Å². The van der Waals surface area contributed by atoms with Crippen LogP contribution in [0.3, 0.4) is 0 Å². The lowest BCUT2D eigenvalue weighted by Gasteiger charge is -2.22. The molecule has 0 unspecified atom stereocenters. The van der Waals surface area contributed by atoms with E-state index in [0.717, 1.165) is 36.1 Å². The van der Waals surface area contributed by atoms with Crippen LogP contribution in [0.25, 0.3) is 6.08 Å². The number of nitrogens with one attached hydrogen (secondary N) is 1. The minimum Gasteiger partial charge on any atom is -0.349 e. The summed E-state index contributed by atoms with van der Waals surface area (Å²) in [4.78, 5) is 14.7. The standard InChI is InChI=1S/C23H24N2OS/c1-17-7-11-21(12-8-17)27-22-13-9-18(10-14-22)15-19(16-24)23(26)25-20-5-3-2-4-6-20/h7-15,20H,2-6H2,1H3,(H,25,26)/b19-15-. The van der Waals surface area contributed by atoms with Gasteiger partial charge in [0.05, 0.1) is 0 Å². The van der Waals surface area contributed by atoms with Crippen molar-refractivity contribution in [2.24, 2.45) is 0 Å². The Morgan fingerprint density at radius 1 is 1.04 bits per heavy atom. The maximum Gasteiger partial charge on any atom is 0.262 e. The van der Waals surface area contributed by atoms with Gasteiger partial charge in [-0.15, -0.1) is 0 Å². The van der Waals surface area contributed by atoms with Crippen molar-refractivity contribution in [3.63, 3.8) is 0 Å². The van der Waals surface area contributed by atoms with Crippen molar-refractivity contribution in [2.45, 2.75) is 54.9 Å². The summed E-state index contributed by atoms with van der Waals surface area (Å²) >= 11 is 1.69. The zero-order valence-electron chi connectivity index (χ0n) is 15.6. The minimum atomic E-state index is -0.262. The van der Waals surface area contributed by atoms with Crippen molar-refractivity contribution in [1.82, 2.24) is 5.32 Å². The lowest BCUT2D eigenvalue weighted by Crippen LogP contribution is -2.36. The highest BCUT2D eigenvalue weighted by Gasteiger charge is 2.18. The molecule has 0 radical (unpaired) electrons. The van der Waals surface area contributed by atoms with Gasteiger partial charge in [-0.25, -0.2) is 0 Å². The van der Waals surface area contributed by atoms with Crippen LogP contribution in [-0.2, 0) is 4.79 Å². The second-order valence-corrected chi connectivity index (χ2v) is 8.11. The molecule has 0 spiro atoms. The van der Waals surface area contributed by atoms with Crippen LogP contribution in [0, 0.1) is 18.3 Å². The Hall–Kier alpha value is -2.51. The third-order valence-corrected chi connectivity index (χ3v) is 5.77. The first kappa shape index (κ1) is 19.3. The molecule has 0 bridgehead atoms. The van der Waals surface area contributed by atoms with Gasteiger partial charge in [0.15, 0.2) is 0 Å². The van der Waals surface area contributed by atoms with E-state index in [2.05, 4.69) is 36.5 Å². The van der Waals surface area contributed by atoms with Gasteiger partial charge in [0.2, 0.25) is 0 Å². The van der Waals surface area contributed by atoms with Crippen LogP contribution in [0.4, 0.5) is 0 Å². The van der Waals surface area contributed by atoms with Gasteiger partial charge < -0.3 is 5.32 Å². The highest BCUT2D eigenvalue weighted by Crippen LogP contribution is 2.28. The molecular formula is C23H24N2OS. The quantitative estimate of drug-likeness (QED) is 0.553. The third kappa shape index (κ3) is 5.74. The SMILES string of the molecule is Cc1ccc(Sc2ccc(/C=C(/C#N)C(=O)NC3CCCCC3)cc2)cc1. The first-order valence-corrected chi connectivity index (χ1v) is 10.2. The van der Waals surface area contributed by atoms with E-state index in [1.807, 2.05) is 30.3 Å². The van der Waals surface area contributed by atoms with E-state index in [1.165, 1.54) is 16.9 Å². The molecule has 3 rings (SSSR count). The Morgan fingerprint density at radius 2 is 1.63 bits per heavy atom. The van der Waals surface area contributed by atoms with Crippen molar-refractivity contribution in [3.8, 4) is 6.07 Å². The number of hydrogen-bond acceptors (Lipinski definition) is 3. The predicted molar refractivity (Wildman–Crippen MR) is 110 cm³/mol. The van der Waals surface area contributed by atoms with Crippen molar-refractivity contribution in [3.05, 3.63) is 65.2 Å². The summed E-state index contributed by atoms with van der Waals surface area (Å²) in [6, 6.07) is 18.6. The highest BCUT2D eigenvalue weighted by molar-refractivity contribution is 7.99. The molecule has 1 fully saturated rings. The molecule has 1 aliphatic rings. The van der Waals surface area contributed by atoms with Gasteiger partial charge in [0.1, 0.15) is 11.6 Å². The van der Waals surface area contributed by atoms with Crippen LogP contribution in [0.15, 0.2) is 63.9 Å². The fraction of sp³-hybridized carbons (Fsp3) is 0.304. The summed E-state index contributed by atoms with van der Waals surface area (Å²) in [5, 5.41) is 12.4. The van der Waals surface area contributed by atoms with Crippen LogP contribution >= 0.6 is 11.8 Å². The van der Waals surface area contributed by atoms with Crippen molar-refractivity contribution in [1.29, 1.82) is 5.26 Å². The summed E-state index contributed by atoms with van der Waals surface area (Å²) < 4.78 is 0. The van der Waals surface area contributed by atoms with Gasteiger partial charge in [0.25, 0.3) is 5.91 Å². The number of aryl methyl sites for hydroxylation is 1. The van der Waals surface area contributed by atoms with E-state index >= 15 is 0 Å². The first-order valence-electron chi connectivity index (χ1n) is 9.41. The average Bonchev–Trinajstić information content (AvgIpc) is 2.70. The normalized spacial score (nSPS) is 15.2. The largest absolute Gasteiger partial charge is 0.349 e. The molecular weight excluding hydrogens is 352 g/mol. The zero-order valence-corrected chi connectivity index (χ0v) is 16.4. The molecule has 0 aromatic heterocycles. The fourth-order valence-corrected chi connectivity index (χ4v) is 4.02. The number of rotatable bonds is 5. The molecule has 2 aromatic carbocycles. The maximum absolute atomic E-state index is 12.4. The number of carbonyl (C=O) groups excluding carboxylic acids is 1. The smallest absolute Gasteiger partial charge is 0.262 e. The number of benzene rings is 2. The number of hydrogen-bond donors (Lipinski definition) is 1. The van der Waals surface area contributed by atoms with Gasteiger partial charge >= 0.3 is 0 Å². The number of carbonyl (C=O) groups is 1. The molecule has 2 aromatic rings. The molecule has 1 amide bonds. The van der Waals surface area contributed by atoms with Gasteiger partial charge in [-0.3, -0.25) is 4.79 Å². The molecule has 1 N–H and O–H groups in total. The van der Waals surface area contributed by atoms with E-state index in [9.17, 15) is 10.1 Å². The number of amides is 1. The van der Waals surface area contributed by atoms with Crippen LogP contribution in [0.2, 0.25) is 0 Å². The third-order valence-electron chi connectivity index (χ3n) is 4.75. The second-order valence-electron chi connectivity index (χ2n) is 6.96. The number of nitriles is 1. The summed E-state index contributed by atoms with van der Waals surface area (Å²) in [6.07, 6.45) is 7.22. The monoisotopic (exact) mass is 376 g/mol. The highest BCUT2D eigenvalue weighted by atomic mass is 32.2. The molecule has 0 aliphatic heterocycles. The van der Waals surface area contributed by atoms with Gasteiger partial charge in [-0.05, 0) is 55.7 Å². The van der Waals surface area contributed by atoms with E-state index in [1.54, 1.807) is 17.8 Å². The minimum absolute atomic E-state index is 0.166. The molecule has 4 heteroatoms. The predicted octanol–water partition coefficient (Wildman–Crippen LogP) is 5.50. The Morgan fingerprint density at radius 3 is 2.22 bits per heavy atom. The zero-order chi connectivity index (χ0) is 19.1. The Bertz CT molecular complexity index is 841. The van der Waals surface area contributed by atoms with Gasteiger partial charge in [-0.1, -0.05) is 60.9 Å². The number of nitrogens with zero attached hydrogens (tertiary/aromatic N) is 1. The van der Waals surface area contributed by atoms with Crippen molar-refractivity contribution < 1.29 is 4.79 Å². The molecule has 0 heterocycles. The van der Waals surface area contributed by atoms with Crippen molar-refractivity contribution >= 4 is 23.7 Å². The molecule has 138 valence electrons. The lowest BCUT2D eigenvalue weighted by molar-refractivity contribution is -0.117. The Labute approximate surface area is 165 Å². The fourth-order valence-electron chi connectivity index (χ4n) is 3.20. The lowest BCUT2D eigenvalue weighted by atomic mass is 9.95. The first-order chi connectivity index (χ1) is 13.1. The van der Waals surface area contributed by atoms with Crippen LogP contribution < -0.4 is 5.32 Å². The summed E-state index contributed by atoms with van der Waals surface area (Å²) in [5.41, 5.74) is 2.27. The molecule has 1 aliphatic carbocycles. The van der Waals surface area contributed by atoms with Crippen LogP contribution in [0.1, 0.15) is 43.2 Å². The van der Waals surface area contributed by atoms with Gasteiger partial charge in [-0.2, -0.15) is 5.26 Å². The van der Waals surface area contributed by atoms with Crippen molar-refractivity contribution in [2.75, 3.05) is 0 Å². The second kappa shape index (κ2) is 9.43. The van der Waals surface area contributed by atoms with Crippen LogP contribution in [0.5, 0.6) is 0 Å². The average molecular weight is 377 g/mol. The Balaban J connectivity index is 1.64. The van der Waals surface area contributed by atoms with E-state index in [-0.39, 0.29) is 17.5 Å². The maximum atomic E-state index is 12.4. The molecule has 1 saturated carbocycles. The molecule has 3 nitrogen and oxygen atoms in total. The van der Waals surface area contributed by atoms with E-state index in [0.29, 0.717) is 0 Å². The molecule has 0 saturated heterocycles. The summed E-state index contributed by atoms with van der Waals surface area (Å²) in [5.74, 6) is -0.262.